The van der Waals surface area contributed by atoms with Crippen LogP contribution in [0.15, 0.2) is 0 Å². The van der Waals surface area contributed by atoms with Crippen molar-refractivity contribution in [2.45, 2.75) is 32.0 Å². The molecule has 1 aliphatic heterocycles. The quantitative estimate of drug-likeness (QED) is 0.712. The van der Waals surface area contributed by atoms with E-state index in [1.807, 2.05) is 6.92 Å². The number of hydrogen-bond donors (Lipinski definition) is 2. The van der Waals surface area contributed by atoms with Crippen molar-refractivity contribution in [3.05, 3.63) is 0 Å². The average molecular weight is 260 g/mol. The van der Waals surface area contributed by atoms with E-state index >= 15 is 0 Å². The maximum Gasteiger partial charge on any atom is 0.479 e. The van der Waals surface area contributed by atoms with Crippen molar-refractivity contribution in [1.29, 1.82) is 0 Å². The van der Waals surface area contributed by atoms with Gasteiger partial charge >= 0.3 is 16.1 Å². The van der Waals surface area contributed by atoms with Gasteiger partial charge in [-0.1, -0.05) is 0 Å². The molecule has 0 radical (unpaired) electrons. The Balaban J connectivity index is 2.29. The Morgan fingerprint density at radius 3 is 2.73 bits per heavy atom. The van der Waals surface area contributed by atoms with E-state index in [1.165, 1.54) is 0 Å². The van der Waals surface area contributed by atoms with E-state index in [-0.39, 0.29) is 18.8 Å². The van der Waals surface area contributed by atoms with Crippen LogP contribution in [0.3, 0.4) is 0 Å². The maximum absolute atomic E-state index is 11.0. The van der Waals surface area contributed by atoms with Gasteiger partial charge in [-0.15, -0.1) is 0 Å². The molecule has 2 N–H and O–H groups in total. The smallest absolute Gasteiger partial charge is 0.373 e. The summed E-state index contributed by atoms with van der Waals surface area (Å²) in [6.45, 7) is 1.77. The zero-order valence-corrected chi connectivity index (χ0v) is 10.1. The average Bonchev–Trinajstić information content (AvgIpc) is 2.46. The monoisotopic (exact) mass is 260 g/mol. The van der Waals surface area contributed by atoms with Gasteiger partial charge in [-0.25, -0.2) is 8.88 Å². The van der Waals surface area contributed by atoms with Crippen LogP contribution >= 0.6 is 16.1 Å². The molecule has 1 aliphatic rings. The zero-order valence-electron chi connectivity index (χ0n) is 8.16. The minimum Gasteiger partial charge on any atom is -0.373 e. The molecule has 0 amide bonds. The minimum absolute atomic E-state index is 0.106. The van der Waals surface area contributed by atoms with E-state index in [4.69, 9.17) is 14.5 Å². The lowest BCUT2D eigenvalue weighted by Crippen LogP contribution is -2.15. The molecular weight excluding hydrogens is 246 g/mol. The molecular formula is C6H14O7P2. The Labute approximate surface area is 87.9 Å². The molecule has 0 aliphatic carbocycles. The van der Waals surface area contributed by atoms with Crippen LogP contribution < -0.4 is 0 Å². The molecule has 1 saturated heterocycles. The molecule has 1 heterocycles. The summed E-state index contributed by atoms with van der Waals surface area (Å²) in [5.41, 5.74) is 0. The Hall–Kier alpha value is 0.260. The summed E-state index contributed by atoms with van der Waals surface area (Å²) in [4.78, 5) is 17.2. The number of phosphoric ester groups is 1. The standard InChI is InChI=1S/C6H14O7P2/c1-5-2-3-6(12-5)4-11-15(9,10)13-14(7)8/h5-6,14H,2-4H2,1H3,(H,7,8)(H,9,10)/t5-,6-/m0/s1. The van der Waals surface area contributed by atoms with Crippen molar-refractivity contribution < 1.29 is 32.5 Å². The molecule has 0 spiro atoms. The molecule has 1 fully saturated rings. The fraction of sp³-hybridized carbons (Fsp3) is 1.00. The fourth-order valence-electron chi connectivity index (χ4n) is 1.31. The highest BCUT2D eigenvalue weighted by Gasteiger charge is 2.28. The number of hydrogen-bond acceptors (Lipinski definition) is 5. The van der Waals surface area contributed by atoms with Gasteiger partial charge in [-0.3, -0.25) is 9.09 Å². The van der Waals surface area contributed by atoms with Gasteiger partial charge in [0.2, 0.25) is 0 Å². The first-order chi connectivity index (χ1) is 6.89. The van der Waals surface area contributed by atoms with Crippen LogP contribution in [-0.2, 0) is 22.7 Å². The van der Waals surface area contributed by atoms with Gasteiger partial charge in [0.15, 0.2) is 0 Å². The molecule has 9 heteroatoms. The highest BCUT2D eigenvalue weighted by atomic mass is 31.2. The molecule has 7 nitrogen and oxygen atoms in total. The molecule has 90 valence electrons. The van der Waals surface area contributed by atoms with Crippen LogP contribution in [0.1, 0.15) is 19.8 Å². The number of rotatable bonds is 5. The SMILES string of the molecule is C[C@H]1CC[C@@H](COP(=O)(O)O[PH](=O)O)O1. The molecule has 0 aromatic carbocycles. The Morgan fingerprint density at radius 1 is 1.60 bits per heavy atom. The van der Waals surface area contributed by atoms with E-state index in [9.17, 15) is 9.13 Å². The summed E-state index contributed by atoms with van der Waals surface area (Å²) in [7, 11) is -7.89. The largest absolute Gasteiger partial charge is 0.479 e. The lowest BCUT2D eigenvalue weighted by atomic mass is 10.2. The first-order valence-corrected chi connectivity index (χ1v) is 7.20. The van der Waals surface area contributed by atoms with Crippen molar-refractivity contribution in [3.8, 4) is 0 Å². The van der Waals surface area contributed by atoms with Crippen LogP contribution in [0.2, 0.25) is 0 Å². The van der Waals surface area contributed by atoms with E-state index < -0.39 is 16.1 Å². The van der Waals surface area contributed by atoms with Gasteiger partial charge in [-0.2, -0.15) is 0 Å². The summed E-state index contributed by atoms with van der Waals surface area (Å²) < 4.78 is 34.8. The molecule has 0 saturated carbocycles. The van der Waals surface area contributed by atoms with Crippen LogP contribution in [0.5, 0.6) is 0 Å². The Kier molecular flexibility index (Phi) is 4.93. The zero-order chi connectivity index (χ0) is 11.5. The van der Waals surface area contributed by atoms with Crippen molar-refractivity contribution in [3.63, 3.8) is 0 Å². The predicted octanol–water partition coefficient (Wildman–Crippen LogP) is 1.07. The van der Waals surface area contributed by atoms with Crippen molar-refractivity contribution in [2.24, 2.45) is 0 Å². The fourth-order valence-corrected chi connectivity index (χ4v) is 2.67. The maximum atomic E-state index is 11.0. The van der Waals surface area contributed by atoms with Crippen molar-refractivity contribution in [1.82, 2.24) is 0 Å². The van der Waals surface area contributed by atoms with E-state index in [0.717, 1.165) is 12.8 Å². The lowest BCUT2D eigenvalue weighted by Gasteiger charge is -2.14. The van der Waals surface area contributed by atoms with Crippen LogP contribution in [-0.4, -0.2) is 28.6 Å². The Bertz CT molecular complexity index is 281. The van der Waals surface area contributed by atoms with E-state index in [0.29, 0.717) is 0 Å². The molecule has 15 heavy (non-hydrogen) atoms. The second-order valence-corrected chi connectivity index (χ2v) is 5.72. The summed E-state index contributed by atoms with van der Waals surface area (Å²) in [6.07, 6.45) is 1.44. The highest BCUT2D eigenvalue weighted by Crippen LogP contribution is 2.50. The topological polar surface area (TPSA) is 102 Å². The summed E-state index contributed by atoms with van der Waals surface area (Å²) in [6, 6.07) is 0. The van der Waals surface area contributed by atoms with Gasteiger partial charge in [0.1, 0.15) is 0 Å². The van der Waals surface area contributed by atoms with Crippen molar-refractivity contribution >= 4 is 16.1 Å². The summed E-state index contributed by atoms with van der Waals surface area (Å²) in [5, 5.41) is 0. The van der Waals surface area contributed by atoms with E-state index in [2.05, 4.69) is 8.83 Å². The minimum atomic E-state index is -4.42. The van der Waals surface area contributed by atoms with Crippen molar-refractivity contribution in [2.75, 3.05) is 6.61 Å². The van der Waals surface area contributed by atoms with Crippen LogP contribution in [0.4, 0.5) is 0 Å². The molecule has 4 atom stereocenters. The molecule has 0 bridgehead atoms. The first kappa shape index (κ1) is 13.3. The first-order valence-electron chi connectivity index (χ1n) is 4.44. The van der Waals surface area contributed by atoms with Gasteiger partial charge in [0, 0.05) is 0 Å². The second-order valence-electron chi connectivity index (χ2n) is 3.27. The molecule has 2 unspecified atom stereocenters. The third-order valence-electron chi connectivity index (χ3n) is 1.94. The Morgan fingerprint density at radius 2 is 2.27 bits per heavy atom. The summed E-state index contributed by atoms with van der Waals surface area (Å²) >= 11 is 0. The van der Waals surface area contributed by atoms with E-state index in [1.54, 1.807) is 0 Å². The van der Waals surface area contributed by atoms with Gasteiger partial charge in [-0.05, 0) is 19.8 Å². The van der Waals surface area contributed by atoms with Gasteiger partial charge in [0.05, 0.1) is 18.8 Å². The molecule has 1 rings (SSSR count). The van der Waals surface area contributed by atoms with Gasteiger partial charge < -0.3 is 14.5 Å². The second kappa shape index (κ2) is 5.55. The summed E-state index contributed by atoms with van der Waals surface area (Å²) in [5.74, 6) is 0. The molecule has 0 aromatic rings. The third kappa shape index (κ3) is 5.22. The molecule has 0 aromatic heterocycles. The normalized spacial score (nSPS) is 32.5. The van der Waals surface area contributed by atoms with Crippen LogP contribution in [0.25, 0.3) is 0 Å². The predicted molar refractivity (Wildman–Crippen MR) is 51.7 cm³/mol. The number of phosphoric acid groups is 1. The third-order valence-corrected chi connectivity index (χ3v) is 3.96. The highest BCUT2D eigenvalue weighted by molar-refractivity contribution is 7.55. The van der Waals surface area contributed by atoms with Crippen LogP contribution in [0, 0.1) is 0 Å². The lowest BCUT2D eigenvalue weighted by molar-refractivity contribution is 0.0192. The number of ether oxygens (including phenoxy) is 1. The van der Waals surface area contributed by atoms with Gasteiger partial charge in [0.25, 0.3) is 0 Å².